The first-order valence-corrected chi connectivity index (χ1v) is 5.26. The Kier molecular flexibility index (Phi) is 5.42. The van der Waals surface area contributed by atoms with E-state index in [1.54, 1.807) is 0 Å². The van der Waals surface area contributed by atoms with Crippen LogP contribution >= 0.6 is 0 Å². The molecule has 2 nitrogen and oxygen atoms in total. The summed E-state index contributed by atoms with van der Waals surface area (Å²) in [6.07, 6.45) is 2.26. The molecule has 1 aromatic rings. The van der Waals surface area contributed by atoms with Gasteiger partial charge < -0.3 is 5.11 Å². The molecule has 0 spiro atoms. The third-order valence-corrected chi connectivity index (χ3v) is 2.92. The number of benzene rings is 1. The zero-order chi connectivity index (χ0) is 9.80. The minimum absolute atomic E-state index is 0. The second kappa shape index (κ2) is 6.35. The molecule has 0 amide bonds. The summed E-state index contributed by atoms with van der Waals surface area (Å²) in [5.74, 6) is 0. The Labute approximate surface area is 103 Å². The fourth-order valence-corrected chi connectivity index (χ4v) is 2.11. The average Bonchev–Trinajstić information content (AvgIpc) is 2.67. The molecule has 1 heterocycles. The van der Waals surface area contributed by atoms with Gasteiger partial charge in [0.2, 0.25) is 0 Å². The van der Waals surface area contributed by atoms with Gasteiger partial charge in [-0.1, -0.05) is 30.3 Å². The van der Waals surface area contributed by atoms with E-state index in [0.29, 0.717) is 0 Å². The molecule has 0 N–H and O–H groups in total. The molecule has 1 fully saturated rings. The Morgan fingerprint density at radius 1 is 1.27 bits per heavy atom. The number of hydrogen-bond donors (Lipinski definition) is 0. The Bertz CT molecular complexity index is 278. The molecular formula is C12H16LiNO. The molecule has 76 valence electrons. The van der Waals surface area contributed by atoms with Crippen LogP contribution in [0.3, 0.4) is 0 Å². The minimum atomic E-state index is 0. The number of rotatable bonds is 3. The van der Waals surface area contributed by atoms with Gasteiger partial charge in [0.05, 0.1) is 0 Å². The van der Waals surface area contributed by atoms with E-state index in [9.17, 15) is 5.11 Å². The van der Waals surface area contributed by atoms with Crippen LogP contribution in [0.25, 0.3) is 0 Å². The normalized spacial score (nSPS) is 21.3. The number of hydrogen-bond acceptors (Lipinski definition) is 2. The summed E-state index contributed by atoms with van der Waals surface area (Å²) in [5.41, 5.74) is 1.31. The molecule has 0 unspecified atom stereocenters. The van der Waals surface area contributed by atoms with E-state index in [4.69, 9.17) is 0 Å². The van der Waals surface area contributed by atoms with Crippen molar-refractivity contribution in [2.75, 3.05) is 13.2 Å². The van der Waals surface area contributed by atoms with E-state index in [1.807, 2.05) is 6.07 Å². The quantitative estimate of drug-likeness (QED) is 0.525. The monoisotopic (exact) mass is 197 g/mol. The third kappa shape index (κ3) is 3.36. The molecular weight excluding hydrogens is 181 g/mol. The van der Waals surface area contributed by atoms with Crippen LogP contribution in [0.15, 0.2) is 30.3 Å². The van der Waals surface area contributed by atoms with Crippen molar-refractivity contribution in [3.63, 3.8) is 0 Å². The molecule has 1 aliphatic heterocycles. The maximum atomic E-state index is 10.9. The van der Waals surface area contributed by atoms with Crippen molar-refractivity contribution >= 4 is 0 Å². The molecule has 0 radical (unpaired) electrons. The van der Waals surface area contributed by atoms with Gasteiger partial charge in [-0.05, 0) is 31.0 Å². The van der Waals surface area contributed by atoms with Crippen molar-refractivity contribution < 1.29 is 24.0 Å². The number of likely N-dealkylation sites (tertiary alicyclic amines) is 1. The average molecular weight is 197 g/mol. The Morgan fingerprint density at radius 2 is 2.00 bits per heavy atom. The van der Waals surface area contributed by atoms with E-state index in [2.05, 4.69) is 29.2 Å². The van der Waals surface area contributed by atoms with Gasteiger partial charge in [-0.3, -0.25) is 4.90 Å². The first kappa shape index (κ1) is 12.8. The molecule has 1 aliphatic rings. The molecule has 1 saturated heterocycles. The Morgan fingerprint density at radius 3 is 2.67 bits per heavy atom. The topological polar surface area (TPSA) is 26.3 Å². The fourth-order valence-electron chi connectivity index (χ4n) is 2.11. The third-order valence-electron chi connectivity index (χ3n) is 2.92. The largest absolute Gasteiger partial charge is 1.00 e. The smallest absolute Gasteiger partial charge is 0.853 e. The maximum Gasteiger partial charge on any atom is 1.00 e. The second-order valence-electron chi connectivity index (χ2n) is 3.92. The van der Waals surface area contributed by atoms with Gasteiger partial charge in [0.1, 0.15) is 0 Å². The molecule has 2 rings (SSSR count). The summed E-state index contributed by atoms with van der Waals surface area (Å²) >= 11 is 0. The first-order chi connectivity index (χ1) is 6.90. The van der Waals surface area contributed by atoms with Gasteiger partial charge in [-0.25, -0.2) is 0 Å². The molecule has 0 bridgehead atoms. The van der Waals surface area contributed by atoms with Gasteiger partial charge in [0.25, 0.3) is 0 Å². The van der Waals surface area contributed by atoms with Crippen LogP contribution in [-0.2, 0) is 6.54 Å². The SMILES string of the molecule is [Li+].[O-]C[C@@H]1CCCN1Cc1ccccc1. The van der Waals surface area contributed by atoms with Gasteiger partial charge in [-0.15, -0.1) is 6.61 Å². The van der Waals surface area contributed by atoms with E-state index in [1.165, 1.54) is 12.0 Å². The summed E-state index contributed by atoms with van der Waals surface area (Å²) in [7, 11) is 0. The number of nitrogens with zero attached hydrogens (tertiary/aromatic N) is 1. The molecule has 1 atom stereocenters. The summed E-state index contributed by atoms with van der Waals surface area (Å²) < 4.78 is 0. The second-order valence-corrected chi connectivity index (χ2v) is 3.92. The summed E-state index contributed by atoms with van der Waals surface area (Å²) in [6.45, 7) is 2.07. The van der Waals surface area contributed by atoms with Crippen LogP contribution in [0.2, 0.25) is 0 Å². The minimum Gasteiger partial charge on any atom is -0.853 e. The maximum absolute atomic E-state index is 10.9. The zero-order valence-electron chi connectivity index (χ0n) is 9.36. The van der Waals surface area contributed by atoms with Gasteiger partial charge in [0.15, 0.2) is 0 Å². The van der Waals surface area contributed by atoms with Crippen molar-refractivity contribution in [2.24, 2.45) is 0 Å². The van der Waals surface area contributed by atoms with Gasteiger partial charge in [0, 0.05) is 6.54 Å². The van der Waals surface area contributed by atoms with Crippen molar-refractivity contribution in [1.29, 1.82) is 0 Å². The van der Waals surface area contributed by atoms with Crippen LogP contribution < -0.4 is 24.0 Å². The molecule has 0 aliphatic carbocycles. The van der Waals surface area contributed by atoms with Crippen LogP contribution in [0.4, 0.5) is 0 Å². The van der Waals surface area contributed by atoms with Crippen molar-refractivity contribution in [2.45, 2.75) is 25.4 Å². The van der Waals surface area contributed by atoms with Crippen molar-refractivity contribution in [1.82, 2.24) is 4.90 Å². The van der Waals surface area contributed by atoms with E-state index >= 15 is 0 Å². The van der Waals surface area contributed by atoms with E-state index < -0.39 is 0 Å². The van der Waals surface area contributed by atoms with Crippen LogP contribution in [-0.4, -0.2) is 24.1 Å². The Balaban J connectivity index is 0.00000112. The predicted molar refractivity (Wildman–Crippen MR) is 54.7 cm³/mol. The molecule has 15 heavy (non-hydrogen) atoms. The van der Waals surface area contributed by atoms with E-state index in [0.717, 1.165) is 19.5 Å². The standard InChI is InChI=1S/C12H16NO.Li/c14-10-12-7-4-8-13(12)9-11-5-2-1-3-6-11;/h1-3,5-6,12H,4,7-10H2;/q-1;+1/t12-;/m0./s1. The molecule has 1 aromatic carbocycles. The zero-order valence-corrected chi connectivity index (χ0v) is 9.36. The van der Waals surface area contributed by atoms with Crippen molar-refractivity contribution in [3.05, 3.63) is 35.9 Å². The molecule has 0 saturated carbocycles. The predicted octanol–water partition coefficient (Wildman–Crippen LogP) is -1.98. The van der Waals surface area contributed by atoms with Crippen LogP contribution in [0.5, 0.6) is 0 Å². The van der Waals surface area contributed by atoms with Crippen LogP contribution in [0, 0.1) is 0 Å². The van der Waals surface area contributed by atoms with Crippen LogP contribution in [0.1, 0.15) is 18.4 Å². The van der Waals surface area contributed by atoms with E-state index in [-0.39, 0.29) is 31.5 Å². The molecule has 0 aromatic heterocycles. The van der Waals surface area contributed by atoms with Gasteiger partial charge in [-0.2, -0.15) is 0 Å². The fraction of sp³-hybridized carbons (Fsp3) is 0.500. The molecule has 3 heteroatoms. The summed E-state index contributed by atoms with van der Waals surface area (Å²) in [6, 6.07) is 10.7. The summed E-state index contributed by atoms with van der Waals surface area (Å²) in [4.78, 5) is 2.31. The summed E-state index contributed by atoms with van der Waals surface area (Å²) in [5, 5.41) is 10.9. The van der Waals surface area contributed by atoms with Gasteiger partial charge >= 0.3 is 18.9 Å². The Hall–Kier alpha value is -0.263. The van der Waals surface area contributed by atoms with Crippen molar-refractivity contribution in [3.8, 4) is 0 Å². The first-order valence-electron chi connectivity index (χ1n) is 5.26.